The van der Waals surface area contributed by atoms with Crippen LogP contribution < -0.4 is 5.32 Å². The summed E-state index contributed by atoms with van der Waals surface area (Å²) in [6, 6.07) is 11.6. The molecule has 116 valence electrons. The summed E-state index contributed by atoms with van der Waals surface area (Å²) in [6.07, 6.45) is 9.69. The number of nitrogens with one attached hydrogen (secondary N) is 1. The summed E-state index contributed by atoms with van der Waals surface area (Å²) in [7, 11) is 0. The van der Waals surface area contributed by atoms with Gasteiger partial charge in [-0.15, -0.1) is 6.58 Å². The smallest absolute Gasteiger partial charge is 0.0233 e. The number of allylic oxidation sites excluding steroid dienone is 1. The van der Waals surface area contributed by atoms with Gasteiger partial charge in [0.2, 0.25) is 0 Å². The summed E-state index contributed by atoms with van der Waals surface area (Å²) in [5.41, 5.74) is 1.44. The Morgan fingerprint density at radius 3 is 2.57 bits per heavy atom. The van der Waals surface area contributed by atoms with Gasteiger partial charge in [-0.25, -0.2) is 0 Å². The van der Waals surface area contributed by atoms with Gasteiger partial charge in [0.15, 0.2) is 0 Å². The van der Waals surface area contributed by atoms with E-state index in [0.29, 0.717) is 0 Å². The van der Waals surface area contributed by atoms with E-state index in [1.165, 1.54) is 57.3 Å². The molecule has 2 nitrogen and oxygen atoms in total. The average molecular weight is 286 g/mol. The lowest BCUT2D eigenvalue weighted by Gasteiger charge is -2.32. The molecule has 0 aromatic heterocycles. The molecule has 0 amide bonds. The number of benzene rings is 1. The number of hydrogen-bond donors (Lipinski definition) is 1. The Kier molecular flexibility index (Phi) is 7.55. The second-order valence-electron chi connectivity index (χ2n) is 6.13. The van der Waals surface area contributed by atoms with Gasteiger partial charge in [-0.05, 0) is 57.3 Å². The third-order valence-electron chi connectivity index (χ3n) is 4.35. The van der Waals surface area contributed by atoms with E-state index in [2.05, 4.69) is 47.1 Å². The van der Waals surface area contributed by atoms with Gasteiger partial charge in [0.1, 0.15) is 0 Å². The van der Waals surface area contributed by atoms with Crippen LogP contribution in [0.3, 0.4) is 0 Å². The average Bonchev–Trinajstić information content (AvgIpc) is 2.53. The van der Waals surface area contributed by atoms with E-state index in [4.69, 9.17) is 0 Å². The van der Waals surface area contributed by atoms with Crippen molar-refractivity contribution >= 4 is 0 Å². The molecule has 0 radical (unpaired) electrons. The molecule has 2 rings (SSSR count). The minimum Gasteiger partial charge on any atom is -0.314 e. The molecule has 1 aliphatic heterocycles. The first-order valence-corrected chi connectivity index (χ1v) is 8.49. The fraction of sp³-hybridized carbons (Fsp3) is 0.579. The van der Waals surface area contributed by atoms with Crippen LogP contribution in [0.1, 0.15) is 44.1 Å². The quantitative estimate of drug-likeness (QED) is 0.545. The van der Waals surface area contributed by atoms with Crippen LogP contribution in [0.25, 0.3) is 0 Å². The molecule has 1 heterocycles. The van der Waals surface area contributed by atoms with Crippen LogP contribution in [-0.2, 0) is 6.54 Å². The topological polar surface area (TPSA) is 15.3 Å². The number of nitrogens with zero attached hydrogens (tertiary/aromatic N) is 1. The fourth-order valence-electron chi connectivity index (χ4n) is 3.03. The minimum absolute atomic E-state index is 0.733. The van der Waals surface area contributed by atoms with Crippen molar-refractivity contribution in [1.29, 1.82) is 0 Å². The molecule has 1 fully saturated rings. The molecule has 0 aliphatic carbocycles. The van der Waals surface area contributed by atoms with Gasteiger partial charge in [-0.3, -0.25) is 4.90 Å². The third-order valence-corrected chi connectivity index (χ3v) is 4.35. The van der Waals surface area contributed by atoms with Crippen molar-refractivity contribution in [2.75, 3.05) is 19.6 Å². The van der Waals surface area contributed by atoms with Crippen LogP contribution >= 0.6 is 0 Å². The number of unbranched alkanes of at least 4 members (excludes halogenated alkanes) is 3. The number of piperidine rings is 1. The van der Waals surface area contributed by atoms with Crippen molar-refractivity contribution in [2.24, 2.45) is 0 Å². The van der Waals surface area contributed by atoms with Crippen molar-refractivity contribution in [3.8, 4) is 0 Å². The highest BCUT2D eigenvalue weighted by Crippen LogP contribution is 2.14. The molecule has 0 spiro atoms. The van der Waals surface area contributed by atoms with Crippen LogP contribution in [0.4, 0.5) is 0 Å². The maximum Gasteiger partial charge on any atom is 0.0233 e. The zero-order valence-electron chi connectivity index (χ0n) is 13.3. The number of rotatable bonds is 9. The first kappa shape index (κ1) is 16.3. The van der Waals surface area contributed by atoms with E-state index in [1.54, 1.807) is 0 Å². The Labute approximate surface area is 130 Å². The third kappa shape index (κ3) is 6.45. The van der Waals surface area contributed by atoms with Gasteiger partial charge in [-0.2, -0.15) is 0 Å². The molecular formula is C19H30N2. The van der Waals surface area contributed by atoms with Gasteiger partial charge >= 0.3 is 0 Å². The SMILES string of the molecule is C=CCCCCCNC1CCN(Cc2ccccc2)CC1. The molecule has 1 aromatic carbocycles. The van der Waals surface area contributed by atoms with Crippen LogP contribution in [0, 0.1) is 0 Å². The van der Waals surface area contributed by atoms with Gasteiger partial charge in [0.05, 0.1) is 0 Å². The van der Waals surface area contributed by atoms with Crippen LogP contribution in [0.2, 0.25) is 0 Å². The molecule has 0 unspecified atom stereocenters. The van der Waals surface area contributed by atoms with Crippen molar-refractivity contribution in [2.45, 2.75) is 51.1 Å². The fourth-order valence-corrected chi connectivity index (χ4v) is 3.03. The summed E-state index contributed by atoms with van der Waals surface area (Å²) in [4.78, 5) is 2.58. The highest BCUT2D eigenvalue weighted by Gasteiger charge is 2.18. The molecule has 1 saturated heterocycles. The zero-order chi connectivity index (χ0) is 14.8. The van der Waals surface area contributed by atoms with Gasteiger partial charge in [-0.1, -0.05) is 42.8 Å². The van der Waals surface area contributed by atoms with E-state index >= 15 is 0 Å². The molecule has 1 N–H and O–H groups in total. The van der Waals surface area contributed by atoms with Crippen LogP contribution in [-0.4, -0.2) is 30.6 Å². The molecule has 1 aliphatic rings. The van der Waals surface area contributed by atoms with Crippen molar-refractivity contribution in [3.05, 3.63) is 48.6 Å². The van der Waals surface area contributed by atoms with Crippen LogP contribution in [0.15, 0.2) is 43.0 Å². The highest BCUT2D eigenvalue weighted by molar-refractivity contribution is 5.14. The normalized spacial score (nSPS) is 17.0. The molecule has 2 heteroatoms. The number of likely N-dealkylation sites (tertiary alicyclic amines) is 1. The predicted octanol–water partition coefficient (Wildman–Crippen LogP) is 3.99. The predicted molar refractivity (Wildman–Crippen MR) is 91.4 cm³/mol. The van der Waals surface area contributed by atoms with E-state index < -0.39 is 0 Å². The van der Waals surface area contributed by atoms with Crippen molar-refractivity contribution in [1.82, 2.24) is 10.2 Å². The van der Waals surface area contributed by atoms with E-state index in [1.807, 2.05) is 6.08 Å². The lowest BCUT2D eigenvalue weighted by atomic mass is 10.0. The van der Waals surface area contributed by atoms with E-state index in [-0.39, 0.29) is 0 Å². The molecule has 0 saturated carbocycles. The lowest BCUT2D eigenvalue weighted by molar-refractivity contribution is 0.190. The molecule has 0 atom stereocenters. The van der Waals surface area contributed by atoms with Crippen LogP contribution in [0.5, 0.6) is 0 Å². The van der Waals surface area contributed by atoms with Gasteiger partial charge in [0, 0.05) is 12.6 Å². The van der Waals surface area contributed by atoms with E-state index in [0.717, 1.165) is 19.0 Å². The Bertz CT molecular complexity index is 380. The number of hydrogen-bond acceptors (Lipinski definition) is 2. The second-order valence-corrected chi connectivity index (χ2v) is 6.13. The summed E-state index contributed by atoms with van der Waals surface area (Å²) in [6.45, 7) is 8.51. The maximum absolute atomic E-state index is 3.77. The molecular weight excluding hydrogens is 256 g/mol. The monoisotopic (exact) mass is 286 g/mol. The standard InChI is InChI=1S/C19H30N2/c1-2-3-4-5-9-14-20-19-12-15-21(16-13-19)17-18-10-7-6-8-11-18/h2,6-8,10-11,19-20H,1,3-5,9,12-17H2. The molecule has 21 heavy (non-hydrogen) atoms. The maximum atomic E-state index is 3.77. The van der Waals surface area contributed by atoms with Gasteiger partial charge < -0.3 is 5.32 Å². The van der Waals surface area contributed by atoms with Gasteiger partial charge in [0.25, 0.3) is 0 Å². The summed E-state index contributed by atoms with van der Waals surface area (Å²) < 4.78 is 0. The zero-order valence-corrected chi connectivity index (χ0v) is 13.3. The summed E-state index contributed by atoms with van der Waals surface area (Å²) >= 11 is 0. The van der Waals surface area contributed by atoms with E-state index in [9.17, 15) is 0 Å². The Hall–Kier alpha value is -1.12. The first-order chi connectivity index (χ1) is 10.4. The molecule has 0 bridgehead atoms. The first-order valence-electron chi connectivity index (χ1n) is 8.49. The lowest BCUT2D eigenvalue weighted by Crippen LogP contribution is -2.42. The summed E-state index contributed by atoms with van der Waals surface area (Å²) in [5.74, 6) is 0. The van der Waals surface area contributed by atoms with Crippen molar-refractivity contribution in [3.63, 3.8) is 0 Å². The Morgan fingerprint density at radius 2 is 1.86 bits per heavy atom. The Balaban J connectivity index is 1.55. The molecule has 1 aromatic rings. The second kappa shape index (κ2) is 9.75. The Morgan fingerprint density at radius 1 is 1.10 bits per heavy atom. The largest absolute Gasteiger partial charge is 0.314 e. The highest BCUT2D eigenvalue weighted by atomic mass is 15.1. The van der Waals surface area contributed by atoms with Crippen molar-refractivity contribution < 1.29 is 0 Å². The minimum atomic E-state index is 0.733. The summed E-state index contributed by atoms with van der Waals surface area (Å²) in [5, 5.41) is 3.73.